The van der Waals surface area contributed by atoms with Gasteiger partial charge in [-0.2, -0.15) is 5.26 Å². The van der Waals surface area contributed by atoms with Crippen molar-refractivity contribution in [3.8, 4) is 17.2 Å². The number of fused-ring (bicyclic) bond motifs is 7. The molecule has 0 unspecified atom stereocenters. The SMILES string of the molecule is CC(C)(C)OC(=O)Cn1ccc2c(C#N)ncnc21.CC(C)(C)OC(=O)Cn1ccc2c(C(N)=O)ncnc21.CC(C)(C)OC(=O)Cn1ccc2c(Cl)ncnc21.CC(C)(C)P(c1ccc2ccccc2c1-c1cccc2ccccc12)C(C)(C)C.NC(=O)c1ncnc2c1ccn2CC(=O)O.O=C(CCC1CC1)Nc1cccc(Br)n1.O=CNc1ncnc2c1ccn2CC(=O)N(CC(=O)Nc1cccc(Br)n1)C1CC1. The molecule has 0 bridgehead atoms. The van der Waals surface area contributed by atoms with Crippen LogP contribution < -0.4 is 32.7 Å². The second kappa shape index (κ2) is 48.6. The van der Waals surface area contributed by atoms with Crippen LogP contribution in [0.5, 0.6) is 0 Å². The Kier molecular flexibility index (Phi) is 36.5. The Morgan fingerprint density at radius 3 is 1.36 bits per heavy atom. The van der Waals surface area contributed by atoms with Gasteiger partial charge < -0.3 is 74.5 Å². The minimum absolute atomic E-state index is 0.00991. The third-order valence-corrected chi connectivity index (χ3v) is 26.6. The number of aliphatic carboxylic acids is 1. The molecule has 2 saturated carbocycles. The van der Waals surface area contributed by atoms with Gasteiger partial charge in [0.2, 0.25) is 24.1 Å². The molecule has 147 heavy (non-hydrogen) atoms. The van der Waals surface area contributed by atoms with E-state index < -0.39 is 42.5 Å². The number of benzene rings is 4. The van der Waals surface area contributed by atoms with Crippen LogP contribution in [0.2, 0.25) is 5.15 Å². The van der Waals surface area contributed by atoms with Gasteiger partial charge in [-0.15, -0.1) is 0 Å². The van der Waals surface area contributed by atoms with Crippen LogP contribution in [-0.2, 0) is 85.3 Å². The molecule has 42 heteroatoms. The highest BCUT2D eigenvalue weighted by molar-refractivity contribution is 9.10. The molecule has 38 nitrogen and oxygen atoms in total. The van der Waals surface area contributed by atoms with Crippen LogP contribution in [0.1, 0.15) is 169 Å². The average Bonchev–Trinajstić information content (AvgIpc) is 1.55. The summed E-state index contributed by atoms with van der Waals surface area (Å²) in [5.41, 5.74) is 14.7. The monoisotopic (exact) mass is 2160 g/mol. The van der Waals surface area contributed by atoms with Crippen LogP contribution in [0.15, 0.2) is 217 Å². The molecule has 12 heterocycles. The molecule has 0 radical (unpaired) electrons. The van der Waals surface area contributed by atoms with Gasteiger partial charge >= 0.3 is 23.9 Å². The molecule has 2 aliphatic rings. The lowest BCUT2D eigenvalue weighted by Gasteiger charge is -2.43. The summed E-state index contributed by atoms with van der Waals surface area (Å²) >= 11 is 12.5. The molecule has 0 aliphatic heterocycles. The zero-order valence-electron chi connectivity index (χ0n) is 83.8. The third kappa shape index (κ3) is 31.1. The van der Waals surface area contributed by atoms with E-state index in [1.165, 1.54) is 93.2 Å². The molecule has 12 aromatic heterocycles. The smallest absolute Gasteiger partial charge is 0.326 e. The number of carboxylic acid groups (broad SMARTS) is 1. The maximum atomic E-state index is 13.0. The van der Waals surface area contributed by atoms with E-state index in [1.54, 1.807) is 123 Å². The van der Waals surface area contributed by atoms with Crippen molar-refractivity contribution in [2.75, 3.05) is 22.5 Å². The number of pyridine rings is 2. The molecular formula is C105H114Br2ClN24O14P. The predicted molar refractivity (Wildman–Crippen MR) is 570 cm³/mol. The number of carbonyl (C=O) groups is 10. The highest BCUT2D eigenvalue weighted by Crippen LogP contribution is 2.60. The molecule has 0 spiro atoms. The second-order valence-corrected chi connectivity index (χ2v) is 44.9. The zero-order chi connectivity index (χ0) is 107. The summed E-state index contributed by atoms with van der Waals surface area (Å²) in [6.45, 7) is 30.7. The topological polar surface area (TPSA) is 513 Å². The standard InChI is InChI=1S/C28H31P.C19H18BrN7O3.C13H16N4O3.C13H14N4O2.C12H14ClN3O2.C11H13BrN2O.C9H8N4O3/c1-27(2,3)29(28(4,5)6)25-19-18-21-13-8-10-16-23(21)26(25)24-17-11-14-20-12-7-9-15-22(20)24;20-14-2-1-3-15(24-14)25-16(29)8-27(12-4-5-12)17(30)9-26-7-6-13-18(23-11-28)21-10-22-19(13)26;1-13(2,3)20-9(18)6-17-5-4-8-10(11(14)19)15-7-16-12(8)17;1-13(2,3)19-11(18)7-17-5-4-9-10(6-14)15-8-16-12(9)17;1-12(2,3)18-9(17)6-16-5-4-8-10(13)14-7-15-11(8)16;12-9-2-1-3-10(13-9)14-11(15)7-6-8-4-5-8;10-8(16)7-5-1-2-13(3-6(14)15)9(5)12-4-11-7/h7-19H,1-6H3;1-3,6-7,10-12H,4-5,8-9H2,(H,24,25,29)(H,21,22,23,28);4-5,7H,6H2,1-3H3,(H2,14,19);4-5,8H,7H2,1-3H3;4-5,7H,6H2,1-3H3;1-3,8H,4-7H2,(H,13,14,15);1-2,4H,3H2,(H2,10,16)(H,14,15). The Balaban J connectivity index is 0.000000155. The minimum atomic E-state index is -0.989. The Labute approximate surface area is 870 Å². The number of esters is 3. The number of primary amides is 2. The fraction of sp³-hybridized carbons (Fsp3) is 0.324. The van der Waals surface area contributed by atoms with Crippen LogP contribution in [0.3, 0.4) is 0 Å². The number of rotatable bonds is 24. The number of nitrogens with one attached hydrogen (secondary N) is 3. The number of hydrogen-bond acceptors (Lipinski definition) is 26. The van der Waals surface area contributed by atoms with Crippen molar-refractivity contribution in [2.45, 2.75) is 208 Å². The summed E-state index contributed by atoms with van der Waals surface area (Å²) in [7, 11) is -0.411. The van der Waals surface area contributed by atoms with E-state index in [-0.39, 0.29) is 103 Å². The molecule has 6 amide bonds. The van der Waals surface area contributed by atoms with Crippen molar-refractivity contribution in [2.24, 2.45) is 17.4 Å². The average molecular weight is 2160 g/mol. The maximum Gasteiger partial charge on any atom is 0.326 e. The van der Waals surface area contributed by atoms with Crippen molar-refractivity contribution in [3.63, 3.8) is 0 Å². The molecule has 2 fully saturated rings. The lowest BCUT2D eigenvalue weighted by molar-refractivity contribution is -0.156. The number of halogens is 3. The van der Waals surface area contributed by atoms with Gasteiger partial charge in [0.1, 0.15) is 165 Å². The number of carbonyl (C=O) groups excluding carboxylic acids is 9. The van der Waals surface area contributed by atoms with Crippen LogP contribution >= 0.6 is 51.4 Å². The highest BCUT2D eigenvalue weighted by Gasteiger charge is 2.39. The van der Waals surface area contributed by atoms with Crippen LogP contribution in [0, 0.1) is 17.2 Å². The Bertz CT molecular complexity index is 7570. The first-order chi connectivity index (χ1) is 69.6. The van der Waals surface area contributed by atoms with E-state index in [0.29, 0.717) is 95.5 Å². The van der Waals surface area contributed by atoms with Crippen molar-refractivity contribution in [3.05, 3.63) is 240 Å². The molecule has 16 aromatic rings. The fourth-order valence-corrected chi connectivity index (χ4v) is 21.2. The van der Waals surface area contributed by atoms with Gasteiger partial charge in [0.05, 0.1) is 26.9 Å². The quantitative estimate of drug-likeness (QED) is 0.00817. The fourth-order valence-electron chi connectivity index (χ4n) is 16.1. The van der Waals surface area contributed by atoms with E-state index >= 15 is 0 Å². The second-order valence-electron chi connectivity index (χ2n) is 39.1. The summed E-state index contributed by atoms with van der Waals surface area (Å²) < 4.78 is 25.1. The van der Waals surface area contributed by atoms with Gasteiger partial charge in [-0.3, -0.25) is 47.9 Å². The Hall–Kier alpha value is -15.3. The summed E-state index contributed by atoms with van der Waals surface area (Å²) in [6, 6.07) is 50.3. The first-order valence-electron chi connectivity index (χ1n) is 46.8. The number of anilines is 3. The predicted octanol–water partition coefficient (Wildman–Crippen LogP) is 17.7. The maximum absolute atomic E-state index is 13.0. The van der Waals surface area contributed by atoms with Crippen molar-refractivity contribution in [1.82, 2.24) is 87.5 Å². The lowest BCUT2D eigenvalue weighted by atomic mass is 9.94. The molecular weight excluding hydrogens is 2050 g/mol. The van der Waals surface area contributed by atoms with Crippen molar-refractivity contribution in [1.29, 1.82) is 5.26 Å². The van der Waals surface area contributed by atoms with Crippen molar-refractivity contribution < 1.29 is 67.3 Å². The zero-order valence-corrected chi connectivity index (χ0v) is 88.7. The van der Waals surface area contributed by atoms with E-state index in [9.17, 15) is 47.9 Å². The number of nitriles is 1. The van der Waals surface area contributed by atoms with E-state index in [4.69, 9.17) is 47.6 Å². The molecule has 4 aromatic carbocycles. The molecule has 0 atom stereocenters. The highest BCUT2D eigenvalue weighted by atomic mass is 79.9. The number of hydrogen-bond donors (Lipinski definition) is 6. The van der Waals surface area contributed by atoms with Gasteiger partial charge in [-0.25, -0.2) is 59.8 Å². The number of nitrogens with two attached hydrogens (primary N) is 2. The summed E-state index contributed by atoms with van der Waals surface area (Å²) in [4.78, 5) is 166. The van der Waals surface area contributed by atoms with Gasteiger partial charge in [-0.05, 0) is 222 Å². The summed E-state index contributed by atoms with van der Waals surface area (Å²) in [5, 5.41) is 36.3. The van der Waals surface area contributed by atoms with Crippen LogP contribution in [-0.4, -0.2) is 192 Å². The van der Waals surface area contributed by atoms with Gasteiger partial charge in [0.15, 0.2) is 5.69 Å². The van der Waals surface area contributed by atoms with Gasteiger partial charge in [-0.1, -0.05) is 165 Å². The molecule has 764 valence electrons. The van der Waals surface area contributed by atoms with Crippen LogP contribution in [0.25, 0.3) is 87.8 Å². The first kappa shape index (κ1) is 110. The van der Waals surface area contributed by atoms with E-state index in [1.807, 2.05) is 59.7 Å². The number of ether oxygens (including phenoxy) is 3. The largest absolute Gasteiger partial charge is 0.480 e. The van der Waals surface area contributed by atoms with Crippen molar-refractivity contribution >= 4 is 211 Å². The van der Waals surface area contributed by atoms with Crippen LogP contribution in [0.4, 0.5) is 17.5 Å². The number of carboxylic acids is 1. The molecule has 18 rings (SSSR count). The lowest BCUT2D eigenvalue weighted by Crippen LogP contribution is -2.41. The molecule has 8 N–H and O–H groups in total. The van der Waals surface area contributed by atoms with E-state index in [2.05, 4.69) is 228 Å². The normalized spacial score (nSPS) is 12.3. The summed E-state index contributed by atoms with van der Waals surface area (Å²) in [6.07, 6.45) is 21.3. The third-order valence-electron chi connectivity index (χ3n) is 21.9. The first-order valence-corrected chi connectivity index (χ1v) is 50.1. The van der Waals surface area contributed by atoms with E-state index in [0.717, 1.165) is 35.2 Å². The molecule has 2 aliphatic carbocycles. The Morgan fingerprint density at radius 1 is 0.476 bits per heavy atom. The number of aromatic nitrogens is 17. The summed E-state index contributed by atoms with van der Waals surface area (Å²) in [5.74, 6) is -1.55. The number of nitrogens with zero attached hydrogens (tertiary/aromatic N) is 19. The number of amides is 6. The minimum Gasteiger partial charge on any atom is -0.480 e. The van der Waals surface area contributed by atoms with Gasteiger partial charge in [0, 0.05) is 43.4 Å². The van der Waals surface area contributed by atoms with Gasteiger partial charge in [0.25, 0.3) is 11.8 Å². The Morgan fingerprint density at radius 2 is 0.891 bits per heavy atom. The molecule has 0 saturated heterocycles.